The highest BCUT2D eigenvalue weighted by Crippen LogP contribution is 2.23. The molecule has 5 heteroatoms. The summed E-state index contributed by atoms with van der Waals surface area (Å²) in [5.74, 6) is 0. The van der Waals surface area contributed by atoms with Gasteiger partial charge in [-0.15, -0.1) is 0 Å². The number of ether oxygens (including phenoxy) is 1. The minimum atomic E-state index is 0.313. The summed E-state index contributed by atoms with van der Waals surface area (Å²) in [6, 6.07) is 1.94. The standard InChI is InChI=1S/C9H12Br2N2O/c1-6-2-3-7(14-6)5-13-9(11)4-8(10)12-13/h4,6-7H,2-3,5H2,1H3. The Morgan fingerprint density at radius 3 is 2.86 bits per heavy atom. The van der Waals surface area contributed by atoms with E-state index in [-0.39, 0.29) is 0 Å². The van der Waals surface area contributed by atoms with Gasteiger partial charge in [0.05, 0.1) is 18.8 Å². The molecule has 2 unspecified atom stereocenters. The van der Waals surface area contributed by atoms with Crippen LogP contribution in [-0.2, 0) is 11.3 Å². The van der Waals surface area contributed by atoms with Crippen molar-refractivity contribution in [2.45, 2.75) is 38.5 Å². The number of hydrogen-bond acceptors (Lipinski definition) is 2. The van der Waals surface area contributed by atoms with Gasteiger partial charge in [0.25, 0.3) is 0 Å². The van der Waals surface area contributed by atoms with E-state index >= 15 is 0 Å². The van der Waals surface area contributed by atoms with Gasteiger partial charge in [-0.1, -0.05) is 0 Å². The average molecular weight is 324 g/mol. The summed E-state index contributed by atoms with van der Waals surface area (Å²) in [5.41, 5.74) is 0. The van der Waals surface area contributed by atoms with Crippen LogP contribution in [0.5, 0.6) is 0 Å². The fourth-order valence-electron chi connectivity index (χ4n) is 1.71. The SMILES string of the molecule is CC1CCC(Cn2nc(Br)cc2Br)O1. The first-order valence-corrected chi connectivity index (χ1v) is 6.28. The first kappa shape index (κ1) is 10.6. The lowest BCUT2D eigenvalue weighted by molar-refractivity contribution is 0.0432. The average Bonchev–Trinajstić information content (AvgIpc) is 2.61. The molecule has 0 amide bonds. The normalized spacial score (nSPS) is 27.1. The zero-order valence-corrected chi connectivity index (χ0v) is 11.1. The molecule has 3 nitrogen and oxygen atoms in total. The van der Waals surface area contributed by atoms with Crippen molar-refractivity contribution in [2.24, 2.45) is 0 Å². The Labute approximate surface area is 100 Å². The molecule has 1 aromatic rings. The summed E-state index contributed by atoms with van der Waals surface area (Å²) in [6.45, 7) is 2.95. The molecule has 0 radical (unpaired) electrons. The second kappa shape index (κ2) is 4.33. The van der Waals surface area contributed by atoms with Crippen molar-refractivity contribution in [2.75, 3.05) is 0 Å². The topological polar surface area (TPSA) is 27.1 Å². The van der Waals surface area contributed by atoms with Gasteiger partial charge in [-0.25, -0.2) is 0 Å². The van der Waals surface area contributed by atoms with E-state index in [9.17, 15) is 0 Å². The van der Waals surface area contributed by atoms with Gasteiger partial charge < -0.3 is 4.74 Å². The zero-order chi connectivity index (χ0) is 10.1. The molecule has 14 heavy (non-hydrogen) atoms. The van der Waals surface area contributed by atoms with Gasteiger partial charge in [0, 0.05) is 6.07 Å². The molecular formula is C9H12Br2N2O. The van der Waals surface area contributed by atoms with Crippen molar-refractivity contribution in [1.82, 2.24) is 9.78 Å². The molecular weight excluding hydrogens is 312 g/mol. The van der Waals surface area contributed by atoms with E-state index < -0.39 is 0 Å². The van der Waals surface area contributed by atoms with E-state index in [4.69, 9.17) is 4.74 Å². The highest BCUT2D eigenvalue weighted by molar-refractivity contribution is 9.11. The molecule has 1 saturated heterocycles. The van der Waals surface area contributed by atoms with E-state index in [1.165, 1.54) is 0 Å². The lowest BCUT2D eigenvalue weighted by Crippen LogP contribution is -2.17. The van der Waals surface area contributed by atoms with Gasteiger partial charge in [-0.2, -0.15) is 5.10 Å². The van der Waals surface area contributed by atoms with Crippen LogP contribution < -0.4 is 0 Å². The minimum absolute atomic E-state index is 0.313. The number of aromatic nitrogens is 2. The fraction of sp³-hybridized carbons (Fsp3) is 0.667. The van der Waals surface area contributed by atoms with Crippen LogP contribution in [0.1, 0.15) is 19.8 Å². The number of nitrogens with zero attached hydrogens (tertiary/aromatic N) is 2. The summed E-state index contributed by atoms with van der Waals surface area (Å²) in [4.78, 5) is 0. The van der Waals surface area contributed by atoms with E-state index in [1.807, 2.05) is 10.7 Å². The monoisotopic (exact) mass is 322 g/mol. The number of hydrogen-bond donors (Lipinski definition) is 0. The number of rotatable bonds is 2. The van der Waals surface area contributed by atoms with Crippen molar-refractivity contribution in [3.05, 3.63) is 15.3 Å². The Kier molecular flexibility index (Phi) is 3.29. The molecule has 2 heterocycles. The third-order valence-corrected chi connectivity index (χ3v) is 3.42. The zero-order valence-electron chi connectivity index (χ0n) is 7.91. The van der Waals surface area contributed by atoms with Crippen molar-refractivity contribution in [3.8, 4) is 0 Å². The largest absolute Gasteiger partial charge is 0.373 e. The maximum absolute atomic E-state index is 5.73. The molecule has 1 aromatic heterocycles. The molecule has 2 atom stereocenters. The fourth-order valence-corrected chi connectivity index (χ4v) is 2.86. The summed E-state index contributed by atoms with van der Waals surface area (Å²) in [6.07, 6.45) is 3.00. The van der Waals surface area contributed by atoms with E-state index in [0.717, 1.165) is 28.6 Å². The summed E-state index contributed by atoms with van der Waals surface area (Å²) < 4.78 is 9.51. The maximum Gasteiger partial charge on any atom is 0.129 e. The maximum atomic E-state index is 5.73. The quantitative estimate of drug-likeness (QED) is 0.836. The second-order valence-corrected chi connectivity index (χ2v) is 5.24. The molecule has 0 aliphatic carbocycles. The van der Waals surface area contributed by atoms with Gasteiger partial charge in [0.2, 0.25) is 0 Å². The molecule has 78 valence electrons. The first-order chi connectivity index (χ1) is 6.65. The van der Waals surface area contributed by atoms with Gasteiger partial charge >= 0.3 is 0 Å². The van der Waals surface area contributed by atoms with Crippen molar-refractivity contribution < 1.29 is 4.74 Å². The van der Waals surface area contributed by atoms with Crippen LogP contribution in [0.3, 0.4) is 0 Å². The first-order valence-electron chi connectivity index (χ1n) is 4.69. The third kappa shape index (κ3) is 2.38. The van der Waals surface area contributed by atoms with E-state index in [0.29, 0.717) is 12.2 Å². The Morgan fingerprint density at radius 1 is 1.57 bits per heavy atom. The summed E-state index contributed by atoms with van der Waals surface area (Å²) in [7, 11) is 0. The molecule has 1 fully saturated rings. The summed E-state index contributed by atoms with van der Waals surface area (Å²) >= 11 is 6.80. The van der Waals surface area contributed by atoms with Crippen LogP contribution in [0, 0.1) is 0 Å². The van der Waals surface area contributed by atoms with Crippen molar-refractivity contribution >= 4 is 31.9 Å². The van der Waals surface area contributed by atoms with Crippen LogP contribution in [0.4, 0.5) is 0 Å². The molecule has 0 bridgehead atoms. The Balaban J connectivity index is 2.00. The molecule has 1 aliphatic heterocycles. The molecule has 0 saturated carbocycles. The van der Waals surface area contributed by atoms with E-state index in [2.05, 4.69) is 43.9 Å². The highest BCUT2D eigenvalue weighted by Gasteiger charge is 2.22. The van der Waals surface area contributed by atoms with Gasteiger partial charge in [-0.05, 0) is 51.6 Å². The van der Waals surface area contributed by atoms with Crippen molar-refractivity contribution in [1.29, 1.82) is 0 Å². The Bertz CT molecular complexity index is 327. The molecule has 0 spiro atoms. The lowest BCUT2D eigenvalue weighted by atomic mass is 10.2. The predicted octanol–water partition coefficient (Wildman–Crippen LogP) is 2.98. The molecule has 2 rings (SSSR count). The highest BCUT2D eigenvalue weighted by atomic mass is 79.9. The lowest BCUT2D eigenvalue weighted by Gasteiger charge is -2.11. The van der Waals surface area contributed by atoms with Crippen LogP contribution in [0.2, 0.25) is 0 Å². The van der Waals surface area contributed by atoms with E-state index in [1.54, 1.807) is 0 Å². The summed E-state index contributed by atoms with van der Waals surface area (Å²) in [5, 5.41) is 4.31. The predicted molar refractivity (Wildman–Crippen MR) is 61.2 cm³/mol. The van der Waals surface area contributed by atoms with Crippen LogP contribution in [-0.4, -0.2) is 22.0 Å². The van der Waals surface area contributed by atoms with Crippen LogP contribution >= 0.6 is 31.9 Å². The Morgan fingerprint density at radius 2 is 2.36 bits per heavy atom. The van der Waals surface area contributed by atoms with Gasteiger partial charge in [0.15, 0.2) is 0 Å². The number of halogens is 2. The van der Waals surface area contributed by atoms with Gasteiger partial charge in [-0.3, -0.25) is 4.68 Å². The molecule has 0 aromatic carbocycles. The smallest absolute Gasteiger partial charge is 0.129 e. The second-order valence-electron chi connectivity index (χ2n) is 3.62. The molecule has 0 N–H and O–H groups in total. The van der Waals surface area contributed by atoms with Crippen LogP contribution in [0.15, 0.2) is 15.3 Å². The third-order valence-electron chi connectivity index (χ3n) is 2.40. The van der Waals surface area contributed by atoms with Gasteiger partial charge in [0.1, 0.15) is 9.21 Å². The molecule has 1 aliphatic rings. The Hall–Kier alpha value is 0.130. The van der Waals surface area contributed by atoms with Crippen molar-refractivity contribution in [3.63, 3.8) is 0 Å². The van der Waals surface area contributed by atoms with Crippen LogP contribution in [0.25, 0.3) is 0 Å². The minimum Gasteiger partial charge on any atom is -0.373 e.